The van der Waals surface area contributed by atoms with Gasteiger partial charge in [0.15, 0.2) is 11.6 Å². The number of aryl methyl sites for hydroxylation is 2. The van der Waals surface area contributed by atoms with E-state index >= 15 is 0 Å². The summed E-state index contributed by atoms with van der Waals surface area (Å²) in [6, 6.07) is 9.94. The molecular weight excluding hydrogens is 243 g/mol. The standard InChI is InChI=1S/C15H15FN2O/c1-9-6-7-12(16)13(8-9)19-14-10(2)4-3-5-11(14)15(17)18/h3-8H,1-2H3,(H3,17,18). The topological polar surface area (TPSA) is 59.1 Å². The van der Waals surface area contributed by atoms with Gasteiger partial charge in [0, 0.05) is 0 Å². The van der Waals surface area contributed by atoms with Crippen LogP contribution >= 0.6 is 0 Å². The third kappa shape index (κ3) is 2.73. The molecule has 2 aromatic rings. The zero-order chi connectivity index (χ0) is 14.0. The largest absolute Gasteiger partial charge is 0.453 e. The number of nitrogens with two attached hydrogens (primary N) is 1. The molecule has 0 amide bonds. The zero-order valence-electron chi connectivity index (χ0n) is 10.8. The van der Waals surface area contributed by atoms with Crippen molar-refractivity contribution in [2.75, 3.05) is 0 Å². The molecule has 0 saturated carbocycles. The Morgan fingerprint density at radius 1 is 1.21 bits per heavy atom. The molecule has 0 unspecified atom stereocenters. The van der Waals surface area contributed by atoms with Gasteiger partial charge in [-0.2, -0.15) is 0 Å². The fourth-order valence-corrected chi connectivity index (χ4v) is 1.80. The molecule has 4 heteroatoms. The molecule has 0 aromatic heterocycles. The summed E-state index contributed by atoms with van der Waals surface area (Å²) in [7, 11) is 0. The van der Waals surface area contributed by atoms with Gasteiger partial charge >= 0.3 is 0 Å². The van der Waals surface area contributed by atoms with Gasteiger partial charge in [-0.1, -0.05) is 18.2 Å². The van der Waals surface area contributed by atoms with E-state index < -0.39 is 5.82 Å². The number of benzene rings is 2. The highest BCUT2D eigenvalue weighted by Gasteiger charge is 2.13. The Labute approximate surface area is 111 Å². The van der Waals surface area contributed by atoms with Crippen LogP contribution in [0.5, 0.6) is 11.5 Å². The molecule has 0 saturated heterocycles. The van der Waals surface area contributed by atoms with Gasteiger partial charge in [0.1, 0.15) is 11.6 Å². The number of amidine groups is 1. The molecule has 0 spiro atoms. The van der Waals surface area contributed by atoms with E-state index in [0.29, 0.717) is 11.3 Å². The van der Waals surface area contributed by atoms with Crippen molar-refractivity contribution < 1.29 is 9.13 Å². The highest BCUT2D eigenvalue weighted by molar-refractivity contribution is 5.98. The number of rotatable bonds is 3. The second kappa shape index (κ2) is 5.10. The summed E-state index contributed by atoms with van der Waals surface area (Å²) >= 11 is 0. The van der Waals surface area contributed by atoms with Crippen molar-refractivity contribution in [3.05, 3.63) is 58.9 Å². The van der Waals surface area contributed by atoms with Crippen LogP contribution in [0.1, 0.15) is 16.7 Å². The number of ether oxygens (including phenoxy) is 1. The minimum atomic E-state index is -0.441. The van der Waals surface area contributed by atoms with Crippen molar-refractivity contribution in [2.24, 2.45) is 5.73 Å². The average Bonchev–Trinajstić information content (AvgIpc) is 2.35. The number of nitrogens with one attached hydrogen (secondary N) is 1. The van der Waals surface area contributed by atoms with Crippen LogP contribution in [0.4, 0.5) is 4.39 Å². The number of halogens is 1. The average molecular weight is 258 g/mol. The van der Waals surface area contributed by atoms with Crippen LogP contribution < -0.4 is 10.5 Å². The maximum Gasteiger partial charge on any atom is 0.165 e. The van der Waals surface area contributed by atoms with E-state index in [1.165, 1.54) is 6.07 Å². The first-order chi connectivity index (χ1) is 8.99. The van der Waals surface area contributed by atoms with E-state index in [4.69, 9.17) is 15.9 Å². The molecule has 0 atom stereocenters. The molecule has 3 nitrogen and oxygen atoms in total. The van der Waals surface area contributed by atoms with Crippen LogP contribution in [-0.2, 0) is 0 Å². The Bertz CT molecular complexity index is 638. The molecule has 2 rings (SSSR count). The molecule has 3 N–H and O–H groups in total. The fraction of sp³-hybridized carbons (Fsp3) is 0.133. The van der Waals surface area contributed by atoms with Gasteiger partial charge in [0.2, 0.25) is 0 Å². The van der Waals surface area contributed by atoms with Gasteiger partial charge in [-0.25, -0.2) is 4.39 Å². The predicted molar refractivity (Wildman–Crippen MR) is 73.4 cm³/mol. The fourth-order valence-electron chi connectivity index (χ4n) is 1.80. The molecule has 0 aliphatic rings. The molecule has 0 aliphatic carbocycles. The van der Waals surface area contributed by atoms with Gasteiger partial charge in [-0.05, 0) is 43.2 Å². The van der Waals surface area contributed by atoms with Gasteiger partial charge in [-0.15, -0.1) is 0 Å². The highest BCUT2D eigenvalue weighted by atomic mass is 19.1. The first-order valence-electron chi connectivity index (χ1n) is 5.87. The maximum absolute atomic E-state index is 13.7. The van der Waals surface area contributed by atoms with Crippen LogP contribution in [0.15, 0.2) is 36.4 Å². The van der Waals surface area contributed by atoms with Crippen LogP contribution in [0.2, 0.25) is 0 Å². The lowest BCUT2D eigenvalue weighted by Crippen LogP contribution is -2.13. The third-order valence-corrected chi connectivity index (χ3v) is 2.80. The van der Waals surface area contributed by atoms with Crippen molar-refractivity contribution in [3.63, 3.8) is 0 Å². The first kappa shape index (κ1) is 13.1. The van der Waals surface area contributed by atoms with E-state index in [1.807, 2.05) is 19.9 Å². The van der Waals surface area contributed by atoms with Crippen LogP contribution in [0, 0.1) is 25.1 Å². The van der Waals surface area contributed by atoms with Crippen molar-refractivity contribution >= 4 is 5.84 Å². The molecule has 2 aromatic carbocycles. The minimum Gasteiger partial charge on any atom is -0.453 e. The van der Waals surface area contributed by atoms with Crippen molar-refractivity contribution in [1.82, 2.24) is 0 Å². The summed E-state index contributed by atoms with van der Waals surface area (Å²) in [5.41, 5.74) is 7.67. The van der Waals surface area contributed by atoms with Crippen LogP contribution in [0.25, 0.3) is 0 Å². The van der Waals surface area contributed by atoms with Gasteiger partial charge < -0.3 is 10.5 Å². The van der Waals surface area contributed by atoms with E-state index in [9.17, 15) is 4.39 Å². The molecule has 0 bridgehead atoms. The second-order valence-electron chi connectivity index (χ2n) is 4.40. The smallest absolute Gasteiger partial charge is 0.165 e. The summed E-state index contributed by atoms with van der Waals surface area (Å²) in [5, 5.41) is 7.54. The molecule has 0 radical (unpaired) electrons. The third-order valence-electron chi connectivity index (χ3n) is 2.80. The Hall–Kier alpha value is -2.36. The summed E-state index contributed by atoms with van der Waals surface area (Å²) < 4.78 is 19.3. The molecular formula is C15H15FN2O. The Morgan fingerprint density at radius 2 is 1.95 bits per heavy atom. The lowest BCUT2D eigenvalue weighted by atomic mass is 10.1. The number of nitrogen functional groups attached to an aromatic ring is 1. The monoisotopic (exact) mass is 258 g/mol. The predicted octanol–water partition coefficient (Wildman–Crippen LogP) is 3.52. The number of hydrogen-bond acceptors (Lipinski definition) is 2. The zero-order valence-corrected chi connectivity index (χ0v) is 10.8. The van der Waals surface area contributed by atoms with Gasteiger partial charge in [0.05, 0.1) is 5.56 Å². The molecule has 19 heavy (non-hydrogen) atoms. The van der Waals surface area contributed by atoms with E-state index in [2.05, 4.69) is 0 Å². The summed E-state index contributed by atoms with van der Waals surface area (Å²) in [4.78, 5) is 0. The summed E-state index contributed by atoms with van der Waals surface area (Å²) in [6.45, 7) is 3.69. The Balaban J connectivity index is 2.49. The van der Waals surface area contributed by atoms with E-state index in [0.717, 1.165) is 11.1 Å². The molecule has 0 fully saturated rings. The van der Waals surface area contributed by atoms with Crippen molar-refractivity contribution in [2.45, 2.75) is 13.8 Å². The summed E-state index contributed by atoms with van der Waals surface area (Å²) in [6.07, 6.45) is 0. The van der Waals surface area contributed by atoms with Crippen molar-refractivity contribution in [1.29, 1.82) is 5.41 Å². The van der Waals surface area contributed by atoms with Gasteiger partial charge in [0.25, 0.3) is 0 Å². The van der Waals surface area contributed by atoms with Crippen LogP contribution in [-0.4, -0.2) is 5.84 Å². The Morgan fingerprint density at radius 3 is 2.63 bits per heavy atom. The Kier molecular flexibility index (Phi) is 3.51. The maximum atomic E-state index is 13.7. The molecule has 0 heterocycles. The van der Waals surface area contributed by atoms with E-state index in [-0.39, 0.29) is 11.6 Å². The molecule has 98 valence electrons. The molecule has 0 aliphatic heterocycles. The van der Waals surface area contributed by atoms with E-state index in [1.54, 1.807) is 24.3 Å². The normalized spacial score (nSPS) is 10.3. The summed E-state index contributed by atoms with van der Waals surface area (Å²) in [5.74, 6) is 0.00594. The SMILES string of the molecule is Cc1ccc(F)c(Oc2c(C)cccc2C(=N)N)c1. The quantitative estimate of drug-likeness (QED) is 0.653. The lowest BCUT2D eigenvalue weighted by molar-refractivity contribution is 0.438. The van der Waals surface area contributed by atoms with Crippen LogP contribution in [0.3, 0.4) is 0 Å². The number of hydrogen-bond donors (Lipinski definition) is 2. The second-order valence-corrected chi connectivity index (χ2v) is 4.40. The lowest BCUT2D eigenvalue weighted by Gasteiger charge is -2.13. The highest BCUT2D eigenvalue weighted by Crippen LogP contribution is 2.30. The number of para-hydroxylation sites is 1. The minimum absolute atomic E-state index is 0.105. The van der Waals surface area contributed by atoms with Gasteiger partial charge in [-0.3, -0.25) is 5.41 Å². The first-order valence-corrected chi connectivity index (χ1v) is 5.87. The van der Waals surface area contributed by atoms with Crippen molar-refractivity contribution in [3.8, 4) is 11.5 Å².